The van der Waals surface area contributed by atoms with Gasteiger partial charge in [-0.1, -0.05) is 18.2 Å². The fourth-order valence-corrected chi connectivity index (χ4v) is 3.58. The summed E-state index contributed by atoms with van der Waals surface area (Å²) in [6.45, 7) is 4.01. The van der Waals surface area contributed by atoms with Gasteiger partial charge >= 0.3 is 0 Å². The molecule has 0 bridgehead atoms. The highest BCUT2D eigenvalue weighted by Crippen LogP contribution is 2.24. The van der Waals surface area contributed by atoms with Crippen LogP contribution in [0.1, 0.15) is 24.0 Å². The summed E-state index contributed by atoms with van der Waals surface area (Å²) in [5, 5.41) is 2.98. The van der Waals surface area contributed by atoms with Crippen molar-refractivity contribution in [2.45, 2.75) is 26.3 Å². The van der Waals surface area contributed by atoms with Crippen LogP contribution >= 0.6 is 0 Å². The maximum Gasteiger partial charge on any atom is 0.225 e. The van der Waals surface area contributed by atoms with Crippen molar-refractivity contribution in [1.29, 1.82) is 0 Å². The van der Waals surface area contributed by atoms with Crippen molar-refractivity contribution in [1.82, 2.24) is 15.3 Å². The van der Waals surface area contributed by atoms with E-state index in [2.05, 4.69) is 39.2 Å². The lowest BCUT2D eigenvalue weighted by Gasteiger charge is -2.31. The SMILES string of the molecule is Cc1ccc2nc(N3CCCC(C(=O)NCc4ccc(F)cc4)C3)[nH]c2c1. The van der Waals surface area contributed by atoms with E-state index in [0.29, 0.717) is 13.1 Å². The highest BCUT2D eigenvalue weighted by Gasteiger charge is 2.27. The van der Waals surface area contributed by atoms with Gasteiger partial charge < -0.3 is 15.2 Å². The van der Waals surface area contributed by atoms with Gasteiger partial charge in [-0.25, -0.2) is 9.37 Å². The fraction of sp³-hybridized carbons (Fsp3) is 0.333. The number of amides is 1. The molecule has 140 valence electrons. The Morgan fingerprint density at radius 3 is 2.93 bits per heavy atom. The highest BCUT2D eigenvalue weighted by atomic mass is 19.1. The zero-order valence-electron chi connectivity index (χ0n) is 15.3. The third-order valence-corrected chi connectivity index (χ3v) is 5.10. The fourth-order valence-electron chi connectivity index (χ4n) is 3.58. The van der Waals surface area contributed by atoms with E-state index in [1.54, 1.807) is 12.1 Å². The molecule has 1 aliphatic rings. The van der Waals surface area contributed by atoms with Crippen LogP contribution in [0.4, 0.5) is 10.3 Å². The summed E-state index contributed by atoms with van der Waals surface area (Å²) in [6.07, 6.45) is 1.82. The summed E-state index contributed by atoms with van der Waals surface area (Å²) in [5.74, 6) is 0.519. The smallest absolute Gasteiger partial charge is 0.225 e. The van der Waals surface area contributed by atoms with Gasteiger partial charge in [-0.3, -0.25) is 4.79 Å². The van der Waals surface area contributed by atoms with Crippen molar-refractivity contribution in [3.63, 3.8) is 0 Å². The topological polar surface area (TPSA) is 61.0 Å². The molecule has 0 saturated carbocycles. The van der Waals surface area contributed by atoms with Gasteiger partial charge in [0.25, 0.3) is 0 Å². The van der Waals surface area contributed by atoms with Crippen molar-refractivity contribution < 1.29 is 9.18 Å². The average molecular weight is 366 g/mol. The number of anilines is 1. The summed E-state index contributed by atoms with van der Waals surface area (Å²) in [7, 11) is 0. The van der Waals surface area contributed by atoms with Gasteiger partial charge in [-0.05, 0) is 55.2 Å². The van der Waals surface area contributed by atoms with Crippen molar-refractivity contribution in [3.05, 3.63) is 59.4 Å². The molecule has 0 aliphatic carbocycles. The van der Waals surface area contributed by atoms with Crippen LogP contribution < -0.4 is 10.2 Å². The molecule has 2 heterocycles. The first kappa shape index (κ1) is 17.5. The maximum absolute atomic E-state index is 13.0. The van der Waals surface area contributed by atoms with E-state index in [1.807, 2.05) is 6.07 Å². The molecule has 0 radical (unpaired) electrons. The first-order valence-electron chi connectivity index (χ1n) is 9.32. The first-order valence-corrected chi connectivity index (χ1v) is 9.32. The zero-order valence-corrected chi connectivity index (χ0v) is 15.3. The van der Waals surface area contributed by atoms with Crippen LogP contribution in [0.5, 0.6) is 0 Å². The van der Waals surface area contributed by atoms with Crippen LogP contribution in [0, 0.1) is 18.7 Å². The standard InChI is InChI=1S/C21H23FN4O/c1-14-4-9-18-19(11-14)25-21(24-18)26-10-2-3-16(13-26)20(27)23-12-15-5-7-17(22)8-6-15/h4-9,11,16H,2-3,10,12-13H2,1H3,(H,23,27)(H,24,25). The van der Waals surface area contributed by atoms with E-state index in [-0.39, 0.29) is 17.6 Å². The van der Waals surface area contributed by atoms with Crippen LogP contribution in [-0.2, 0) is 11.3 Å². The number of halogens is 1. The van der Waals surface area contributed by atoms with E-state index < -0.39 is 0 Å². The van der Waals surface area contributed by atoms with Crippen molar-refractivity contribution in [2.24, 2.45) is 5.92 Å². The van der Waals surface area contributed by atoms with Crippen LogP contribution in [0.15, 0.2) is 42.5 Å². The zero-order chi connectivity index (χ0) is 18.8. The lowest BCUT2D eigenvalue weighted by Crippen LogP contribution is -2.43. The van der Waals surface area contributed by atoms with Gasteiger partial charge in [-0.15, -0.1) is 0 Å². The van der Waals surface area contributed by atoms with E-state index >= 15 is 0 Å². The number of hydrogen-bond acceptors (Lipinski definition) is 3. The molecule has 0 spiro atoms. The summed E-state index contributed by atoms with van der Waals surface area (Å²) in [5.41, 5.74) is 4.05. The monoisotopic (exact) mass is 366 g/mol. The number of hydrogen-bond donors (Lipinski definition) is 2. The molecule has 1 fully saturated rings. The summed E-state index contributed by atoms with van der Waals surface area (Å²) in [6, 6.07) is 12.4. The first-order chi connectivity index (χ1) is 13.1. The minimum Gasteiger partial charge on any atom is -0.352 e. The van der Waals surface area contributed by atoms with Gasteiger partial charge in [0.1, 0.15) is 5.82 Å². The molecule has 1 atom stereocenters. The molecule has 3 aromatic rings. The molecule has 1 unspecified atom stereocenters. The lowest BCUT2D eigenvalue weighted by atomic mass is 9.97. The molecular weight excluding hydrogens is 343 g/mol. The number of aryl methyl sites for hydroxylation is 1. The molecular formula is C21H23FN4O. The van der Waals surface area contributed by atoms with Crippen LogP contribution in [-0.4, -0.2) is 29.0 Å². The number of fused-ring (bicyclic) bond motifs is 1. The molecule has 27 heavy (non-hydrogen) atoms. The number of H-pyrrole nitrogens is 1. The number of imidazole rings is 1. The Morgan fingerprint density at radius 1 is 1.30 bits per heavy atom. The minimum atomic E-state index is -0.269. The number of piperidine rings is 1. The number of carbonyl (C=O) groups is 1. The number of carbonyl (C=O) groups excluding carboxylic acids is 1. The van der Waals surface area contributed by atoms with Crippen LogP contribution in [0.3, 0.4) is 0 Å². The average Bonchev–Trinajstić information content (AvgIpc) is 3.10. The number of aromatic amines is 1. The number of nitrogens with one attached hydrogen (secondary N) is 2. The third-order valence-electron chi connectivity index (χ3n) is 5.10. The van der Waals surface area contributed by atoms with Crippen LogP contribution in [0.25, 0.3) is 11.0 Å². The Labute approximate surface area is 157 Å². The van der Waals surface area contributed by atoms with Gasteiger partial charge in [0.15, 0.2) is 0 Å². The Kier molecular flexibility index (Phi) is 4.79. The van der Waals surface area contributed by atoms with E-state index in [4.69, 9.17) is 0 Å². The van der Waals surface area contributed by atoms with Gasteiger partial charge in [0, 0.05) is 19.6 Å². The van der Waals surface area contributed by atoms with E-state index in [0.717, 1.165) is 41.9 Å². The second-order valence-corrected chi connectivity index (χ2v) is 7.21. The highest BCUT2D eigenvalue weighted by molar-refractivity contribution is 5.80. The van der Waals surface area contributed by atoms with Crippen molar-refractivity contribution >= 4 is 22.9 Å². The third kappa shape index (κ3) is 3.94. The van der Waals surface area contributed by atoms with Gasteiger partial charge in [0.2, 0.25) is 11.9 Å². The summed E-state index contributed by atoms with van der Waals surface area (Å²) in [4.78, 5) is 22.8. The molecule has 1 aliphatic heterocycles. The largest absolute Gasteiger partial charge is 0.352 e. The molecule has 6 heteroatoms. The molecule has 1 amide bonds. The maximum atomic E-state index is 13.0. The molecule has 2 N–H and O–H groups in total. The molecule has 1 saturated heterocycles. The Balaban J connectivity index is 1.40. The Bertz CT molecular complexity index is 950. The summed E-state index contributed by atoms with van der Waals surface area (Å²) < 4.78 is 13.0. The summed E-state index contributed by atoms with van der Waals surface area (Å²) >= 11 is 0. The van der Waals surface area contributed by atoms with Crippen LogP contribution in [0.2, 0.25) is 0 Å². The number of aromatic nitrogens is 2. The minimum absolute atomic E-state index is 0.0379. The molecule has 2 aromatic carbocycles. The van der Waals surface area contributed by atoms with E-state index in [9.17, 15) is 9.18 Å². The number of nitrogens with zero attached hydrogens (tertiary/aromatic N) is 2. The number of benzene rings is 2. The lowest BCUT2D eigenvalue weighted by molar-refractivity contribution is -0.125. The Morgan fingerprint density at radius 2 is 2.11 bits per heavy atom. The predicted molar refractivity (Wildman–Crippen MR) is 104 cm³/mol. The Hall–Kier alpha value is -2.89. The van der Waals surface area contributed by atoms with Crippen molar-refractivity contribution in [2.75, 3.05) is 18.0 Å². The van der Waals surface area contributed by atoms with Gasteiger partial charge in [0.05, 0.1) is 17.0 Å². The van der Waals surface area contributed by atoms with E-state index in [1.165, 1.54) is 17.7 Å². The molecule has 5 nitrogen and oxygen atoms in total. The molecule has 1 aromatic heterocycles. The second kappa shape index (κ2) is 7.39. The quantitative estimate of drug-likeness (QED) is 0.742. The normalized spacial score (nSPS) is 17.3. The molecule has 4 rings (SSSR count). The van der Waals surface area contributed by atoms with Crippen molar-refractivity contribution in [3.8, 4) is 0 Å². The van der Waals surface area contributed by atoms with Gasteiger partial charge in [-0.2, -0.15) is 0 Å². The number of rotatable bonds is 4. The second-order valence-electron chi connectivity index (χ2n) is 7.21. The predicted octanol–water partition coefficient (Wildman–Crippen LogP) is 3.54.